The third-order valence-corrected chi connectivity index (χ3v) is 18.0. The minimum atomic E-state index is 0. The van der Waals surface area contributed by atoms with Gasteiger partial charge in [-0.25, -0.2) is 0 Å². The van der Waals surface area contributed by atoms with Crippen LogP contribution in [0.15, 0.2) is 364 Å². The van der Waals surface area contributed by atoms with E-state index < -0.39 is 0 Å². The van der Waals surface area contributed by atoms with Gasteiger partial charge in [-0.05, 0) is 194 Å². The molecule has 2 radical (unpaired) electrons. The SMILES string of the molecule is C(=C(c1ccccc1)c1ccccc1)c1ccc(-c2ccc(C=C(c3ccccc3)c3ccccc3)cc2)cc1.[2H]P.[BiH2].[V].c1ccc(N(c2ccccc2)c2ccc3c4cc5c(cc4c4cccc2c43)c2ccc(N(c3ccccc3)c3ccccc3)c3cccc5c32)cc1. The third kappa shape index (κ3) is 12.5. The first-order chi connectivity index (χ1) is 46.7. The molecule has 0 spiro atoms. The summed E-state index contributed by atoms with van der Waals surface area (Å²) < 4.78 is 5.67. The molecule has 0 saturated carbocycles. The van der Waals surface area contributed by atoms with Crippen LogP contribution in [-0.4, -0.2) is 27.5 Å². The molecule has 0 fully saturated rings. The van der Waals surface area contributed by atoms with Crippen molar-refractivity contribution in [3.8, 4) is 11.1 Å². The van der Waals surface area contributed by atoms with E-state index in [1.807, 2.05) is 0 Å². The van der Waals surface area contributed by atoms with Gasteiger partial charge in [0.25, 0.3) is 0 Å². The predicted molar refractivity (Wildman–Crippen MR) is 414 cm³/mol. The molecule has 0 aliphatic heterocycles. The molecule has 17 aromatic carbocycles. The summed E-state index contributed by atoms with van der Waals surface area (Å²) in [5.41, 5.74) is 19.0. The van der Waals surface area contributed by atoms with E-state index in [2.05, 4.69) is 386 Å². The molecular formula is C90H67BiN2PV. The van der Waals surface area contributed by atoms with E-state index in [4.69, 9.17) is 1.28 Å². The Morgan fingerprint density at radius 1 is 0.242 bits per heavy atom. The fourth-order valence-corrected chi connectivity index (χ4v) is 13.7. The first-order valence-corrected chi connectivity index (χ1v) is 31.6. The summed E-state index contributed by atoms with van der Waals surface area (Å²) in [6.45, 7) is 0. The van der Waals surface area contributed by atoms with E-state index in [9.17, 15) is 0 Å². The zero-order chi connectivity index (χ0) is 63.2. The summed E-state index contributed by atoms with van der Waals surface area (Å²) in [6.07, 6.45) is 4.55. The Morgan fingerprint density at radius 2 is 0.484 bits per heavy atom. The number of para-hydroxylation sites is 4. The number of hydrogen-bond donors (Lipinski definition) is 0. The Morgan fingerprint density at radius 3 is 0.758 bits per heavy atom. The number of hydrogen-bond acceptors (Lipinski definition) is 2. The Kier molecular flexibility index (Phi) is 18.7. The Balaban J connectivity index is 0.000000172. The molecule has 0 bridgehead atoms. The molecular weight excluding hydrogens is 1400 g/mol. The zero-order valence-electron chi connectivity index (χ0n) is 53.3. The minimum absolute atomic E-state index is 0. The summed E-state index contributed by atoms with van der Waals surface area (Å²) >= 11 is 0. The number of benzene rings is 15. The average molecular weight is 1470 g/mol. The molecule has 452 valence electrons. The first kappa shape index (κ1) is 62.3. The van der Waals surface area contributed by atoms with E-state index >= 15 is 0 Å². The van der Waals surface area contributed by atoms with E-state index in [0.29, 0.717) is 0 Å². The van der Waals surface area contributed by atoms with Crippen molar-refractivity contribution in [3.63, 3.8) is 0 Å². The van der Waals surface area contributed by atoms with Crippen molar-refractivity contribution in [1.29, 1.82) is 1.28 Å². The number of fused-ring (bicyclic) bond motifs is 6. The van der Waals surface area contributed by atoms with Crippen LogP contribution in [0.25, 0.3) is 99.1 Å². The van der Waals surface area contributed by atoms with Gasteiger partial charge in [0.2, 0.25) is 0 Å². The number of rotatable bonds is 13. The van der Waals surface area contributed by atoms with Gasteiger partial charge in [-0.2, -0.15) is 9.84 Å². The Bertz CT molecular complexity index is 4900. The molecule has 0 N–H and O–H groups in total. The van der Waals surface area contributed by atoms with Gasteiger partial charge in [-0.15, -0.1) is 0 Å². The number of nitrogens with zero attached hydrogens (tertiary/aromatic N) is 2. The summed E-state index contributed by atoms with van der Waals surface area (Å²) in [6, 6.07) is 131. The van der Waals surface area contributed by atoms with Gasteiger partial charge in [-0.1, -0.05) is 291 Å². The van der Waals surface area contributed by atoms with Gasteiger partial charge in [0, 0.05) is 52.1 Å². The second kappa shape index (κ2) is 28.6. The quantitative estimate of drug-likeness (QED) is 0.0645. The predicted octanol–water partition coefficient (Wildman–Crippen LogP) is 24.1. The standard InChI is InChI=1S/C50H32N2.C40H30.Bi.H3P.V.2H/c1-5-15-33(16-6-1)51(34-17-7-2-8-18-34)47-29-27-39-45-32-44-38-24-14-26-42-48(52(35-19-9-3-10-20-35)36-21-11-4-12-22-36)30-28-40(50(38)42)46(44)31-43(45)37-23-13-25-41(47)49(37)39;1-5-13-35(14-6-1)39(36-15-7-2-8-16-36)29-31-21-25-33(26-22-31)34-27-23-32(24-28-34)30-40(37-17-9-3-10-18-37)38-19-11-4-12-20-38;;;;;/h1-32H;1-30H;;1H3;;;/i;;;1D;;;. The fourth-order valence-electron chi connectivity index (χ4n) is 13.7. The minimum Gasteiger partial charge on any atom is -0.310 e. The van der Waals surface area contributed by atoms with Crippen LogP contribution in [0.3, 0.4) is 0 Å². The van der Waals surface area contributed by atoms with Crippen molar-refractivity contribution in [1.82, 2.24) is 0 Å². The molecule has 0 saturated heterocycles. The fraction of sp³-hybridized carbons (Fsp3) is 0. The summed E-state index contributed by atoms with van der Waals surface area (Å²) in [5.74, 6) is 0. The van der Waals surface area contributed by atoms with E-state index in [0.717, 1.165) is 22.7 Å². The maximum atomic E-state index is 5.67. The molecule has 17 aromatic rings. The van der Waals surface area contributed by atoms with E-state index in [-0.39, 0.29) is 44.8 Å². The molecule has 17 rings (SSSR count). The monoisotopic (exact) mass is 1470 g/mol. The van der Waals surface area contributed by atoms with E-state index in [1.165, 1.54) is 132 Å². The van der Waals surface area contributed by atoms with Crippen LogP contribution in [0.5, 0.6) is 0 Å². The third-order valence-electron chi connectivity index (χ3n) is 18.0. The molecule has 0 amide bonds. The van der Waals surface area contributed by atoms with Crippen LogP contribution in [0.1, 0.15) is 33.4 Å². The molecule has 0 aliphatic carbocycles. The second-order valence-corrected chi connectivity index (χ2v) is 23.5. The van der Waals surface area contributed by atoms with Crippen molar-refractivity contribution < 1.29 is 18.6 Å². The topological polar surface area (TPSA) is 6.48 Å². The van der Waals surface area contributed by atoms with Crippen LogP contribution in [0, 0.1) is 0 Å². The molecule has 2 nitrogen and oxygen atoms in total. The molecule has 1 atom stereocenters. The van der Waals surface area contributed by atoms with Crippen LogP contribution in [-0.2, 0) is 18.6 Å². The van der Waals surface area contributed by atoms with Gasteiger partial charge in [0.1, 0.15) is 0 Å². The van der Waals surface area contributed by atoms with Crippen LogP contribution >= 0.6 is 9.84 Å². The van der Waals surface area contributed by atoms with Crippen LogP contribution in [0.4, 0.5) is 34.1 Å². The zero-order valence-corrected chi connectivity index (χ0v) is 59.3. The maximum Gasteiger partial charge on any atom is 0.0540 e. The summed E-state index contributed by atoms with van der Waals surface area (Å²) in [7, 11) is 1.67. The molecule has 1 unspecified atom stereocenters. The van der Waals surface area contributed by atoms with Crippen LogP contribution in [0.2, 0.25) is 0 Å². The van der Waals surface area contributed by atoms with Gasteiger partial charge in [0.15, 0.2) is 0 Å². The van der Waals surface area contributed by atoms with Crippen molar-refractivity contribution in [3.05, 3.63) is 397 Å². The first-order valence-electron chi connectivity index (χ1n) is 32.2. The Labute approximate surface area is 591 Å². The summed E-state index contributed by atoms with van der Waals surface area (Å²) in [5, 5.41) is 15.6. The smallest absolute Gasteiger partial charge is 0.0540 e. The van der Waals surface area contributed by atoms with Crippen molar-refractivity contribution in [2.24, 2.45) is 0 Å². The second-order valence-electron chi connectivity index (χ2n) is 23.5. The van der Waals surface area contributed by atoms with Gasteiger partial charge in [-0.3, -0.25) is 0 Å². The average Bonchev–Trinajstić information content (AvgIpc) is 1.54. The molecule has 5 heteroatoms. The van der Waals surface area contributed by atoms with Gasteiger partial charge < -0.3 is 9.80 Å². The number of anilines is 6. The molecule has 0 aliphatic rings. The largest absolute Gasteiger partial charge is 0.310 e. The van der Waals surface area contributed by atoms with Crippen LogP contribution < -0.4 is 9.80 Å². The Hall–Kier alpha value is -10.2. The van der Waals surface area contributed by atoms with Gasteiger partial charge >= 0.3 is 26.2 Å². The van der Waals surface area contributed by atoms with Gasteiger partial charge in [0.05, 0.1) is 12.7 Å². The van der Waals surface area contributed by atoms with E-state index in [1.54, 1.807) is 9.84 Å². The molecule has 0 heterocycles. The molecule has 95 heavy (non-hydrogen) atoms. The van der Waals surface area contributed by atoms with Crippen molar-refractivity contribution >= 4 is 158 Å². The van der Waals surface area contributed by atoms with Crippen molar-refractivity contribution in [2.45, 2.75) is 0 Å². The normalized spacial score (nSPS) is 11.0. The summed E-state index contributed by atoms with van der Waals surface area (Å²) in [4.78, 5) is 4.77. The molecule has 0 aromatic heterocycles. The van der Waals surface area contributed by atoms with Crippen molar-refractivity contribution in [2.75, 3.05) is 9.80 Å². The maximum absolute atomic E-state index is 5.67.